The van der Waals surface area contributed by atoms with E-state index in [4.69, 9.17) is 35.7 Å². The molecule has 0 bridgehead atoms. The van der Waals surface area contributed by atoms with Crippen LogP contribution in [0.4, 0.5) is 0 Å². The number of hydrogen-bond donors (Lipinski definition) is 1. The molecule has 9 nitrogen and oxygen atoms in total. The van der Waals surface area contributed by atoms with Crippen molar-refractivity contribution in [3.8, 4) is 0 Å². The van der Waals surface area contributed by atoms with E-state index in [1.807, 2.05) is 0 Å². The van der Waals surface area contributed by atoms with E-state index in [9.17, 15) is 0 Å². The average molecular weight is 393 g/mol. The molecular formula is C4H10N2O7Pt. The van der Waals surface area contributed by atoms with Gasteiger partial charge in [0, 0.05) is 6.61 Å². The summed E-state index contributed by atoms with van der Waals surface area (Å²) in [6, 6.07) is 0. The van der Waals surface area contributed by atoms with Gasteiger partial charge < -0.3 is 35.7 Å². The second kappa shape index (κ2) is 22.7. The molecule has 0 aromatic heterocycles. The van der Waals surface area contributed by atoms with Crippen LogP contribution in [0.25, 0.3) is 0 Å². The first-order valence-corrected chi connectivity index (χ1v) is 3.12. The quantitative estimate of drug-likeness (QED) is 0.523. The van der Waals surface area contributed by atoms with Crippen LogP contribution in [-0.2, 0) is 21.1 Å². The Bertz CT molecular complexity index is 111. The summed E-state index contributed by atoms with van der Waals surface area (Å²) in [7, 11) is 0. The monoisotopic (exact) mass is 393 g/mol. The zero-order chi connectivity index (χ0) is 11.3. The second-order valence-corrected chi connectivity index (χ2v) is 1.52. The van der Waals surface area contributed by atoms with Gasteiger partial charge in [-0.05, 0) is 6.42 Å². The molecule has 0 rings (SSSR count). The Morgan fingerprint density at radius 2 is 1.29 bits per heavy atom. The Labute approximate surface area is 93.8 Å². The van der Waals surface area contributed by atoms with Crippen LogP contribution in [0.3, 0.4) is 0 Å². The average Bonchev–Trinajstić information content (AvgIpc) is 1.86. The first-order valence-electron chi connectivity index (χ1n) is 3.12. The molecule has 0 spiro atoms. The van der Waals surface area contributed by atoms with Crippen molar-refractivity contribution in [2.24, 2.45) is 0 Å². The van der Waals surface area contributed by atoms with Crippen molar-refractivity contribution < 1.29 is 36.3 Å². The van der Waals surface area contributed by atoms with Crippen LogP contribution in [0.1, 0.15) is 19.8 Å². The maximum absolute atomic E-state index is 8.25. The Morgan fingerprint density at radius 3 is 1.29 bits per heavy atom. The minimum atomic E-state index is -1.75. The van der Waals surface area contributed by atoms with Crippen molar-refractivity contribution in [1.82, 2.24) is 0 Å². The predicted octanol–water partition coefficient (Wildman–Crippen LogP) is 0.298. The molecule has 0 heterocycles. The largest absolute Gasteiger partial charge is 2.00 e. The third kappa shape index (κ3) is 1020. The number of unbranched alkanes of at least 4 members (excludes halogenated alkanes) is 1. The zero-order valence-electron chi connectivity index (χ0n) is 7.23. The van der Waals surface area contributed by atoms with E-state index in [1.54, 1.807) is 0 Å². The molecule has 1 N–H and O–H groups in total. The van der Waals surface area contributed by atoms with E-state index in [-0.39, 0.29) is 21.1 Å². The third-order valence-electron chi connectivity index (χ3n) is 0.512. The predicted molar refractivity (Wildman–Crippen MR) is 42.7 cm³/mol. The van der Waals surface area contributed by atoms with Crippen molar-refractivity contribution >= 4 is 0 Å². The van der Waals surface area contributed by atoms with Crippen LogP contribution in [0.15, 0.2) is 0 Å². The van der Waals surface area contributed by atoms with Crippen LogP contribution in [0.2, 0.25) is 0 Å². The number of aliphatic hydroxyl groups excluding tert-OH is 1. The molecule has 0 aromatic carbocycles. The van der Waals surface area contributed by atoms with Crippen molar-refractivity contribution in [2.75, 3.05) is 6.61 Å². The number of hydrogen-bond acceptors (Lipinski definition) is 7. The summed E-state index contributed by atoms with van der Waals surface area (Å²) in [5.74, 6) is 0. The number of aliphatic hydroxyl groups is 1. The molecule has 0 aliphatic rings. The summed E-state index contributed by atoms with van der Waals surface area (Å²) in [5, 5.41) is 37.6. The van der Waals surface area contributed by atoms with Gasteiger partial charge in [0.05, 0.1) is 10.2 Å². The molecule has 0 aliphatic heterocycles. The van der Waals surface area contributed by atoms with Crippen LogP contribution in [-0.4, -0.2) is 21.9 Å². The van der Waals surface area contributed by atoms with Crippen molar-refractivity contribution in [3.63, 3.8) is 0 Å². The fraction of sp³-hybridized carbons (Fsp3) is 1.00. The Hall–Kier alpha value is -0.952. The first-order chi connectivity index (χ1) is 5.88. The molecule has 0 saturated heterocycles. The minimum Gasteiger partial charge on any atom is -0.396 e. The Balaban J connectivity index is -0.0000000522. The third-order valence-corrected chi connectivity index (χ3v) is 0.512. The molecule has 0 fully saturated rings. The van der Waals surface area contributed by atoms with E-state index in [0.717, 1.165) is 12.8 Å². The molecule has 0 aromatic rings. The fourth-order valence-corrected chi connectivity index (χ4v) is 0.158. The van der Waals surface area contributed by atoms with Crippen LogP contribution in [0.5, 0.6) is 0 Å². The summed E-state index contributed by atoms with van der Waals surface area (Å²) in [4.78, 5) is 16.5. The van der Waals surface area contributed by atoms with Crippen molar-refractivity contribution in [1.29, 1.82) is 0 Å². The minimum absolute atomic E-state index is 0. The smallest absolute Gasteiger partial charge is 0.396 e. The van der Waals surface area contributed by atoms with Crippen LogP contribution < -0.4 is 0 Å². The molecule has 14 heavy (non-hydrogen) atoms. The molecular weight excluding hydrogens is 383 g/mol. The molecule has 0 atom stereocenters. The van der Waals surface area contributed by atoms with Gasteiger partial charge in [-0.3, -0.25) is 0 Å². The Morgan fingerprint density at radius 1 is 1.07 bits per heavy atom. The molecule has 0 unspecified atom stereocenters. The molecule has 10 heteroatoms. The number of nitrogens with zero attached hydrogens (tertiary/aromatic N) is 2. The van der Waals surface area contributed by atoms with Gasteiger partial charge in [-0.1, -0.05) is 13.3 Å². The van der Waals surface area contributed by atoms with E-state index in [2.05, 4.69) is 6.92 Å². The van der Waals surface area contributed by atoms with Crippen molar-refractivity contribution in [2.45, 2.75) is 19.8 Å². The van der Waals surface area contributed by atoms with Gasteiger partial charge in [0.25, 0.3) is 0 Å². The van der Waals surface area contributed by atoms with Gasteiger partial charge in [0.2, 0.25) is 0 Å². The van der Waals surface area contributed by atoms with Crippen LogP contribution >= 0.6 is 0 Å². The van der Waals surface area contributed by atoms with Gasteiger partial charge in [0.15, 0.2) is 0 Å². The van der Waals surface area contributed by atoms with Gasteiger partial charge >= 0.3 is 21.1 Å². The second-order valence-electron chi connectivity index (χ2n) is 1.52. The van der Waals surface area contributed by atoms with Gasteiger partial charge in [-0.25, -0.2) is 0 Å². The van der Waals surface area contributed by atoms with E-state index in [1.165, 1.54) is 0 Å². The number of rotatable bonds is 2. The summed E-state index contributed by atoms with van der Waals surface area (Å²) >= 11 is 0. The molecule has 0 radical (unpaired) electrons. The molecule has 0 saturated carbocycles. The van der Waals surface area contributed by atoms with Gasteiger partial charge in [-0.2, -0.15) is 0 Å². The Kier molecular flexibility index (Phi) is 37.5. The van der Waals surface area contributed by atoms with E-state index in [0.29, 0.717) is 6.61 Å². The van der Waals surface area contributed by atoms with Crippen LogP contribution in [0, 0.1) is 30.6 Å². The van der Waals surface area contributed by atoms with E-state index < -0.39 is 10.2 Å². The zero-order valence-corrected chi connectivity index (χ0v) is 9.50. The van der Waals surface area contributed by atoms with Crippen molar-refractivity contribution in [3.05, 3.63) is 30.6 Å². The molecule has 88 valence electrons. The topological polar surface area (TPSA) is 153 Å². The summed E-state index contributed by atoms with van der Waals surface area (Å²) < 4.78 is 0. The maximum Gasteiger partial charge on any atom is 2.00 e. The van der Waals surface area contributed by atoms with Gasteiger partial charge in [-0.15, -0.1) is 0 Å². The molecule has 0 amide bonds. The first kappa shape index (κ1) is 23.1. The molecule has 0 aliphatic carbocycles. The normalized spacial score (nSPS) is 6.43. The SMILES string of the molecule is CCCCO.O=[N+]([O-])[O-].O=[N+]([O-])[O-].[Pt+2]. The fourth-order valence-electron chi connectivity index (χ4n) is 0.158. The van der Waals surface area contributed by atoms with E-state index >= 15 is 0 Å². The van der Waals surface area contributed by atoms with Gasteiger partial charge in [0.1, 0.15) is 0 Å². The standard InChI is InChI=1S/C4H10O.2NO3.Pt/c1-2-3-4-5;2*2-1(3)4;/h5H,2-4H2,1H3;;;/q;2*-1;+2. The summed E-state index contributed by atoms with van der Waals surface area (Å²) in [6.07, 6.45) is 2.04. The summed E-state index contributed by atoms with van der Waals surface area (Å²) in [6.45, 7) is 2.40. The maximum atomic E-state index is 8.25. The summed E-state index contributed by atoms with van der Waals surface area (Å²) in [5.41, 5.74) is 0.